The molecule has 5 aromatic rings. The van der Waals surface area contributed by atoms with Crippen LogP contribution >= 0.6 is 0 Å². The summed E-state index contributed by atoms with van der Waals surface area (Å²) in [7, 11) is 0. The van der Waals surface area contributed by atoms with E-state index in [9.17, 15) is 0 Å². The van der Waals surface area contributed by atoms with Crippen LogP contribution in [0.1, 0.15) is 24.5 Å². The molecular formula is C34H32Zr-4. The van der Waals surface area contributed by atoms with Gasteiger partial charge in [-0.2, -0.15) is 6.08 Å². The third-order valence-corrected chi connectivity index (χ3v) is 6.94. The Morgan fingerprint density at radius 2 is 1.09 bits per heavy atom. The summed E-state index contributed by atoms with van der Waals surface area (Å²) >= 11 is 1.46. The van der Waals surface area contributed by atoms with E-state index in [-0.39, 0.29) is 14.9 Å². The van der Waals surface area contributed by atoms with Crippen molar-refractivity contribution in [3.05, 3.63) is 165 Å². The average Bonchev–Trinajstić information content (AvgIpc) is 3.52. The number of allylic oxidation sites excluding steroid dienone is 4. The molecule has 0 heterocycles. The average molecular weight is 532 g/mol. The van der Waals surface area contributed by atoms with Crippen molar-refractivity contribution in [3.63, 3.8) is 0 Å². The third kappa shape index (κ3) is 7.74. The van der Waals surface area contributed by atoms with Crippen LogP contribution in [0.5, 0.6) is 0 Å². The van der Waals surface area contributed by atoms with Crippen LogP contribution in [0.25, 0.3) is 21.5 Å². The fraction of sp³-hybridized carbons (Fsp3) is 0.0588. The molecule has 0 fully saturated rings. The van der Waals surface area contributed by atoms with Crippen molar-refractivity contribution in [1.29, 1.82) is 0 Å². The van der Waals surface area contributed by atoms with Crippen molar-refractivity contribution in [2.75, 3.05) is 0 Å². The maximum Gasteiger partial charge on any atom is -0.0771 e. The van der Waals surface area contributed by atoms with Gasteiger partial charge in [-0.05, 0) is 0 Å². The van der Waals surface area contributed by atoms with Gasteiger partial charge in [0.25, 0.3) is 0 Å². The Morgan fingerprint density at radius 1 is 0.657 bits per heavy atom. The second kappa shape index (κ2) is 14.4. The van der Waals surface area contributed by atoms with Gasteiger partial charge in [-0.25, -0.2) is 11.6 Å². The van der Waals surface area contributed by atoms with Crippen LogP contribution < -0.4 is 0 Å². The molecule has 0 spiro atoms. The van der Waals surface area contributed by atoms with Gasteiger partial charge >= 0.3 is 99.2 Å². The molecule has 0 radical (unpaired) electrons. The first-order valence-electron chi connectivity index (χ1n) is 11.2. The zero-order valence-corrected chi connectivity index (χ0v) is 23.3. The summed E-state index contributed by atoms with van der Waals surface area (Å²) in [5.41, 5.74) is 4.00. The largest absolute Gasteiger partial charge is 0.126 e. The molecular weight excluding hydrogens is 500 g/mol. The van der Waals surface area contributed by atoms with Gasteiger partial charge in [0.1, 0.15) is 0 Å². The van der Waals surface area contributed by atoms with E-state index in [4.69, 9.17) is 0 Å². The first-order chi connectivity index (χ1) is 16.2. The number of rotatable bonds is 2. The smallest absolute Gasteiger partial charge is 0.0771 e. The van der Waals surface area contributed by atoms with E-state index in [1.54, 1.807) is 0 Å². The van der Waals surface area contributed by atoms with E-state index in [0.29, 0.717) is 0 Å². The minimum atomic E-state index is 0. The Labute approximate surface area is 226 Å². The van der Waals surface area contributed by atoms with E-state index in [2.05, 4.69) is 134 Å². The SMILES string of the molecule is CC1=CC[C-]=C1.[CH3-].[CH3-].[Zr]=[C](c1ccccc1)c1ccccc1.c1ccc2c(c1)[cH-]c1ccccc12. The normalized spacial score (nSPS) is 11.1. The maximum atomic E-state index is 3.05. The molecule has 6 rings (SSSR count). The van der Waals surface area contributed by atoms with Gasteiger partial charge in [0.05, 0.1) is 0 Å². The maximum absolute atomic E-state index is 3.05. The van der Waals surface area contributed by atoms with Crippen LogP contribution in [0.15, 0.2) is 133 Å². The molecule has 0 bridgehead atoms. The number of benzene rings is 4. The third-order valence-electron chi connectivity index (χ3n) is 5.52. The number of hydrogen-bond acceptors (Lipinski definition) is 0. The summed E-state index contributed by atoms with van der Waals surface area (Å²) in [5, 5.41) is 5.39. The van der Waals surface area contributed by atoms with Gasteiger partial charge in [-0.3, -0.25) is 6.08 Å². The summed E-state index contributed by atoms with van der Waals surface area (Å²) in [6.07, 6.45) is 8.24. The molecule has 1 heteroatoms. The zero-order valence-electron chi connectivity index (χ0n) is 20.8. The minimum Gasteiger partial charge on any atom is -0.126 e. The van der Waals surface area contributed by atoms with Crippen molar-refractivity contribution in [2.45, 2.75) is 13.3 Å². The predicted octanol–water partition coefficient (Wildman–Crippen LogP) is 9.11. The minimum absolute atomic E-state index is 0. The zero-order chi connectivity index (χ0) is 22.9. The molecule has 5 aromatic carbocycles. The van der Waals surface area contributed by atoms with Crippen LogP contribution in [0.2, 0.25) is 0 Å². The van der Waals surface area contributed by atoms with E-state index in [0.717, 1.165) is 6.42 Å². The standard InChI is InChI=1S/C13H9.C13H10.C6H7.2CH3.Zr/c1-3-7-12-10(5-1)9-11-6-2-4-8-13(11)12;1-3-7-12(8-4-1)11-13-9-5-2-6-10-13;1-6-4-2-3-5-6;;;/h1-9H;1-10H;4-5H,2H2,1H3;2*1H3;/q-1;;3*-1;. The Morgan fingerprint density at radius 3 is 1.46 bits per heavy atom. The van der Waals surface area contributed by atoms with Crippen LogP contribution in [0, 0.1) is 20.9 Å². The van der Waals surface area contributed by atoms with E-state index >= 15 is 0 Å². The predicted molar refractivity (Wildman–Crippen MR) is 152 cm³/mol. The molecule has 0 atom stereocenters. The van der Waals surface area contributed by atoms with Crippen LogP contribution in [0.4, 0.5) is 0 Å². The van der Waals surface area contributed by atoms with Gasteiger partial charge < -0.3 is 14.9 Å². The van der Waals surface area contributed by atoms with Crippen LogP contribution in [0.3, 0.4) is 0 Å². The number of fused-ring (bicyclic) bond motifs is 3. The molecule has 0 aliphatic heterocycles. The molecule has 0 N–H and O–H groups in total. The molecule has 0 saturated carbocycles. The van der Waals surface area contributed by atoms with E-state index < -0.39 is 0 Å². The van der Waals surface area contributed by atoms with Gasteiger partial charge in [-0.15, -0.1) is 53.1 Å². The Balaban J connectivity index is 0.000000192. The Kier molecular flexibility index (Phi) is 11.6. The molecule has 0 unspecified atom stereocenters. The summed E-state index contributed by atoms with van der Waals surface area (Å²) in [6, 6.07) is 40.4. The second-order valence-electron chi connectivity index (χ2n) is 7.93. The molecule has 1 aliphatic carbocycles. The number of hydrogen-bond donors (Lipinski definition) is 0. The van der Waals surface area contributed by atoms with Crippen molar-refractivity contribution in [3.8, 4) is 0 Å². The fourth-order valence-electron chi connectivity index (χ4n) is 3.78. The van der Waals surface area contributed by atoms with Crippen molar-refractivity contribution in [1.82, 2.24) is 0 Å². The Bertz CT molecular complexity index is 1290. The summed E-state index contributed by atoms with van der Waals surface area (Å²) in [5.74, 6) is 0. The summed E-state index contributed by atoms with van der Waals surface area (Å²) in [6.45, 7) is 2.08. The molecule has 0 nitrogen and oxygen atoms in total. The first kappa shape index (κ1) is 28.2. The van der Waals surface area contributed by atoms with Crippen LogP contribution in [-0.4, -0.2) is 3.21 Å². The molecule has 35 heavy (non-hydrogen) atoms. The second-order valence-corrected chi connectivity index (χ2v) is 9.16. The van der Waals surface area contributed by atoms with Gasteiger partial charge in [0.15, 0.2) is 0 Å². The molecule has 0 saturated heterocycles. The Hall–Kier alpha value is -3.02. The van der Waals surface area contributed by atoms with Crippen LogP contribution in [-0.2, 0) is 24.2 Å². The summed E-state index contributed by atoms with van der Waals surface area (Å²) < 4.78 is 1.42. The topological polar surface area (TPSA) is 0 Å². The molecule has 0 amide bonds. The molecule has 1 aliphatic rings. The first-order valence-corrected chi connectivity index (χ1v) is 12.4. The van der Waals surface area contributed by atoms with E-state index in [1.807, 2.05) is 6.08 Å². The fourth-order valence-corrected chi connectivity index (χ4v) is 4.60. The van der Waals surface area contributed by atoms with Gasteiger partial charge in [0.2, 0.25) is 0 Å². The quantitative estimate of drug-likeness (QED) is 0.199. The van der Waals surface area contributed by atoms with Crippen molar-refractivity contribution in [2.24, 2.45) is 0 Å². The van der Waals surface area contributed by atoms with E-state index in [1.165, 1.54) is 65.7 Å². The molecule has 176 valence electrons. The van der Waals surface area contributed by atoms with Crippen molar-refractivity contribution < 1.29 is 24.2 Å². The van der Waals surface area contributed by atoms with Gasteiger partial charge in [0, 0.05) is 0 Å². The van der Waals surface area contributed by atoms with Gasteiger partial charge in [-0.1, -0.05) is 36.4 Å². The summed E-state index contributed by atoms with van der Waals surface area (Å²) in [4.78, 5) is 0. The van der Waals surface area contributed by atoms with Crippen molar-refractivity contribution >= 4 is 24.8 Å². The monoisotopic (exact) mass is 530 g/mol. The molecule has 0 aromatic heterocycles.